The van der Waals surface area contributed by atoms with E-state index < -0.39 is 24.1 Å². The third-order valence-electron chi connectivity index (χ3n) is 3.23. The zero-order chi connectivity index (χ0) is 15.7. The molecule has 0 aliphatic carbocycles. The zero-order valence-corrected chi connectivity index (χ0v) is 12.3. The lowest BCUT2D eigenvalue weighted by Gasteiger charge is -2.16. The molecule has 4 N–H and O–H groups in total. The van der Waals surface area contributed by atoms with E-state index in [1.54, 1.807) is 4.90 Å². The van der Waals surface area contributed by atoms with Gasteiger partial charge in [-0.05, 0) is 0 Å². The van der Waals surface area contributed by atoms with Gasteiger partial charge in [-0.3, -0.25) is 0 Å². The highest BCUT2D eigenvalue weighted by atomic mass is 32.1. The number of aliphatic hydroxyl groups excluding tert-OH is 2. The van der Waals surface area contributed by atoms with Crippen molar-refractivity contribution in [3.8, 4) is 0 Å². The molecule has 0 saturated carbocycles. The Bertz CT molecular complexity index is 562. The van der Waals surface area contributed by atoms with E-state index in [2.05, 4.69) is 9.47 Å². The second kappa shape index (κ2) is 5.88. The summed E-state index contributed by atoms with van der Waals surface area (Å²) < 4.78 is 9.31. The first-order valence-electron chi connectivity index (χ1n) is 6.10. The Morgan fingerprint density at radius 2 is 1.71 bits per heavy atom. The molecule has 0 bridgehead atoms. The van der Waals surface area contributed by atoms with E-state index in [9.17, 15) is 19.8 Å². The molecule has 0 radical (unpaired) electrons. The number of thiophene rings is 1. The third-order valence-corrected chi connectivity index (χ3v) is 4.48. The number of ether oxygens (including phenoxy) is 2. The molecule has 0 spiro atoms. The van der Waals surface area contributed by atoms with Gasteiger partial charge in [-0.1, -0.05) is 0 Å². The third kappa shape index (κ3) is 2.67. The summed E-state index contributed by atoms with van der Waals surface area (Å²) in [5.74, 6) is -1.35. The molecule has 1 saturated heterocycles. The lowest BCUT2D eigenvalue weighted by Crippen LogP contribution is -2.22. The summed E-state index contributed by atoms with van der Waals surface area (Å²) in [4.78, 5) is 25.3. The number of rotatable bonds is 3. The van der Waals surface area contributed by atoms with Crippen LogP contribution in [0.25, 0.3) is 0 Å². The Kier molecular flexibility index (Phi) is 4.35. The standard InChI is InChI=1S/C12H16N2O6S/c1-19-11(17)7-8(13)9(12(18)20-2)21-10(7)14-3-5(15)6(16)4-14/h5-6,15-16H,3-4,13H2,1-2H3. The van der Waals surface area contributed by atoms with Gasteiger partial charge in [0, 0.05) is 13.1 Å². The molecule has 2 heterocycles. The molecule has 116 valence electrons. The Hall–Kier alpha value is -1.84. The number of hydrogen-bond acceptors (Lipinski definition) is 9. The summed E-state index contributed by atoms with van der Waals surface area (Å²) in [5.41, 5.74) is 5.87. The van der Waals surface area contributed by atoms with Crippen LogP contribution in [0, 0.1) is 0 Å². The number of anilines is 2. The number of hydrogen-bond donors (Lipinski definition) is 3. The number of nitrogen functional groups attached to an aromatic ring is 1. The van der Waals surface area contributed by atoms with Crippen molar-refractivity contribution in [2.24, 2.45) is 0 Å². The largest absolute Gasteiger partial charge is 0.465 e. The minimum Gasteiger partial charge on any atom is -0.465 e. The van der Waals surface area contributed by atoms with Crippen molar-refractivity contribution in [3.63, 3.8) is 0 Å². The lowest BCUT2D eigenvalue weighted by atomic mass is 10.2. The van der Waals surface area contributed by atoms with Crippen LogP contribution in [0.4, 0.5) is 10.7 Å². The topological polar surface area (TPSA) is 122 Å². The summed E-state index contributed by atoms with van der Waals surface area (Å²) in [6.45, 7) is 0.261. The maximum Gasteiger partial charge on any atom is 0.350 e. The number of methoxy groups -OCH3 is 2. The van der Waals surface area contributed by atoms with Crippen molar-refractivity contribution >= 4 is 34.0 Å². The highest BCUT2D eigenvalue weighted by Crippen LogP contribution is 2.40. The number of nitrogens with zero attached hydrogens (tertiary/aromatic N) is 1. The van der Waals surface area contributed by atoms with Crippen molar-refractivity contribution in [3.05, 3.63) is 10.4 Å². The minimum absolute atomic E-state index is 0.0235. The van der Waals surface area contributed by atoms with Gasteiger partial charge in [0.1, 0.15) is 15.4 Å². The van der Waals surface area contributed by atoms with Crippen LogP contribution in [0.1, 0.15) is 20.0 Å². The number of carbonyl (C=O) groups is 2. The van der Waals surface area contributed by atoms with E-state index in [4.69, 9.17) is 5.73 Å². The molecule has 1 aromatic rings. The van der Waals surface area contributed by atoms with Gasteiger partial charge in [-0.2, -0.15) is 0 Å². The fourth-order valence-corrected chi connectivity index (χ4v) is 3.28. The van der Waals surface area contributed by atoms with Gasteiger partial charge < -0.3 is 30.3 Å². The fraction of sp³-hybridized carbons (Fsp3) is 0.500. The Labute approximate surface area is 124 Å². The molecule has 0 amide bonds. The predicted octanol–water partition coefficient (Wildman–Crippen LogP) is -0.555. The van der Waals surface area contributed by atoms with Gasteiger partial charge in [0.25, 0.3) is 0 Å². The molecule has 1 aliphatic rings. The highest BCUT2D eigenvalue weighted by molar-refractivity contribution is 7.19. The van der Waals surface area contributed by atoms with Crippen LogP contribution < -0.4 is 10.6 Å². The first-order valence-corrected chi connectivity index (χ1v) is 6.92. The fourth-order valence-electron chi connectivity index (χ4n) is 2.13. The van der Waals surface area contributed by atoms with E-state index in [0.717, 1.165) is 11.3 Å². The van der Waals surface area contributed by atoms with Crippen LogP contribution in [0.5, 0.6) is 0 Å². The summed E-state index contributed by atoms with van der Waals surface area (Å²) >= 11 is 0.967. The maximum absolute atomic E-state index is 11.9. The van der Waals surface area contributed by atoms with E-state index in [1.165, 1.54) is 14.2 Å². The van der Waals surface area contributed by atoms with Crippen molar-refractivity contribution in [1.29, 1.82) is 0 Å². The summed E-state index contributed by atoms with van der Waals surface area (Å²) in [7, 11) is 2.41. The Morgan fingerprint density at radius 3 is 2.19 bits per heavy atom. The van der Waals surface area contributed by atoms with E-state index in [-0.39, 0.29) is 29.2 Å². The van der Waals surface area contributed by atoms with Crippen LogP contribution in [-0.4, -0.2) is 61.7 Å². The van der Waals surface area contributed by atoms with E-state index in [1.807, 2.05) is 0 Å². The van der Waals surface area contributed by atoms with Crippen molar-refractivity contribution in [2.75, 3.05) is 37.9 Å². The number of esters is 2. The number of nitrogens with two attached hydrogens (primary N) is 1. The van der Waals surface area contributed by atoms with Gasteiger partial charge in [0.2, 0.25) is 0 Å². The molecule has 2 unspecified atom stereocenters. The second-order valence-corrected chi connectivity index (χ2v) is 5.55. The molecule has 21 heavy (non-hydrogen) atoms. The lowest BCUT2D eigenvalue weighted by molar-refractivity contribution is 0.0572. The van der Waals surface area contributed by atoms with Crippen LogP contribution in [0.2, 0.25) is 0 Å². The predicted molar refractivity (Wildman–Crippen MR) is 75.6 cm³/mol. The van der Waals surface area contributed by atoms with Gasteiger partial charge in [-0.25, -0.2) is 9.59 Å². The minimum atomic E-state index is -0.930. The van der Waals surface area contributed by atoms with Crippen molar-refractivity contribution in [1.82, 2.24) is 0 Å². The SMILES string of the molecule is COC(=O)c1sc(N2CC(O)C(O)C2)c(C(=O)OC)c1N. The molecule has 8 nitrogen and oxygen atoms in total. The molecule has 1 aromatic heterocycles. The molecule has 1 fully saturated rings. The monoisotopic (exact) mass is 316 g/mol. The van der Waals surface area contributed by atoms with Gasteiger partial charge >= 0.3 is 11.9 Å². The van der Waals surface area contributed by atoms with Gasteiger partial charge in [-0.15, -0.1) is 11.3 Å². The smallest absolute Gasteiger partial charge is 0.350 e. The number of β-amino-alcohol motifs (C(OH)–C–C–N with tert-alkyl or cyclic N) is 2. The van der Waals surface area contributed by atoms with Crippen LogP contribution in [0.3, 0.4) is 0 Å². The molecule has 0 aromatic carbocycles. The Balaban J connectivity index is 2.49. The summed E-state index contributed by atoms with van der Waals surface area (Å²) in [5, 5.41) is 19.6. The molecular weight excluding hydrogens is 300 g/mol. The zero-order valence-electron chi connectivity index (χ0n) is 11.5. The van der Waals surface area contributed by atoms with E-state index >= 15 is 0 Å². The molecule has 9 heteroatoms. The first kappa shape index (κ1) is 15.5. The van der Waals surface area contributed by atoms with E-state index in [0.29, 0.717) is 5.00 Å². The average Bonchev–Trinajstić information content (AvgIpc) is 2.98. The normalized spacial score (nSPS) is 21.4. The van der Waals surface area contributed by atoms with Crippen LogP contribution >= 0.6 is 11.3 Å². The van der Waals surface area contributed by atoms with Crippen LogP contribution in [-0.2, 0) is 9.47 Å². The molecule has 2 rings (SSSR count). The summed E-state index contributed by atoms with van der Waals surface area (Å²) in [6, 6.07) is 0. The Morgan fingerprint density at radius 1 is 1.19 bits per heavy atom. The number of carbonyl (C=O) groups excluding carboxylic acids is 2. The van der Waals surface area contributed by atoms with Crippen molar-refractivity contribution < 1.29 is 29.3 Å². The molecule has 2 atom stereocenters. The number of aliphatic hydroxyl groups is 2. The van der Waals surface area contributed by atoms with Gasteiger partial charge in [0.05, 0.1) is 32.1 Å². The summed E-state index contributed by atoms with van der Waals surface area (Å²) in [6.07, 6.45) is -1.86. The second-order valence-electron chi connectivity index (χ2n) is 4.55. The highest BCUT2D eigenvalue weighted by Gasteiger charge is 2.36. The molecular formula is C12H16N2O6S. The van der Waals surface area contributed by atoms with Crippen LogP contribution in [0.15, 0.2) is 0 Å². The molecule has 1 aliphatic heterocycles. The van der Waals surface area contributed by atoms with Crippen molar-refractivity contribution in [2.45, 2.75) is 12.2 Å². The first-order chi connectivity index (χ1) is 9.90. The average molecular weight is 316 g/mol. The van der Waals surface area contributed by atoms with Gasteiger partial charge in [0.15, 0.2) is 0 Å². The quantitative estimate of drug-likeness (QED) is 0.635. The maximum atomic E-state index is 11.9.